The molecule has 17 heteroatoms. The maximum atomic E-state index is 13.8. The molecule has 1 unspecified atom stereocenters. The largest absolute Gasteiger partial charge is 0.465 e. The Bertz CT molecular complexity index is 1770. The second-order valence-electron chi connectivity index (χ2n) is 11.6. The van der Waals surface area contributed by atoms with Crippen molar-refractivity contribution < 1.29 is 24.2 Å². The molecule has 1 aromatic carbocycles. The Morgan fingerprint density at radius 3 is 2.52 bits per heavy atom. The molecule has 2 amide bonds. The van der Waals surface area contributed by atoms with E-state index in [2.05, 4.69) is 31.4 Å². The third-order valence-electron chi connectivity index (χ3n) is 8.69. The van der Waals surface area contributed by atoms with E-state index in [0.29, 0.717) is 88.9 Å². The number of hydrogen-bond acceptors (Lipinski definition) is 12. The molecule has 1 aliphatic carbocycles. The van der Waals surface area contributed by atoms with Crippen LogP contribution < -0.4 is 15.1 Å². The number of carbonyl (C=O) groups excluding carboxylic acids is 1. The zero-order valence-corrected chi connectivity index (χ0v) is 25.4. The number of fused-ring (bicyclic) bond motifs is 1. The van der Waals surface area contributed by atoms with E-state index < -0.39 is 12.1 Å². The average Bonchev–Trinajstić information content (AvgIpc) is 3.78. The molecule has 2 N–H and O–H groups in total. The number of carboxylic acid groups (broad SMARTS) is 1. The number of aromatic nitrogens is 4. The number of piperazine rings is 1. The van der Waals surface area contributed by atoms with Gasteiger partial charge in [0.2, 0.25) is 11.9 Å². The second kappa shape index (κ2) is 12.2. The predicted molar refractivity (Wildman–Crippen MR) is 163 cm³/mol. The van der Waals surface area contributed by atoms with Crippen molar-refractivity contribution in [2.75, 3.05) is 74.3 Å². The first-order chi connectivity index (χ1) is 22.4. The average molecular weight is 648 g/mol. The molecule has 46 heavy (non-hydrogen) atoms. The van der Waals surface area contributed by atoms with E-state index in [4.69, 9.17) is 21.1 Å². The van der Waals surface area contributed by atoms with E-state index in [-0.39, 0.29) is 46.1 Å². The van der Waals surface area contributed by atoms with Crippen LogP contribution >= 0.6 is 11.6 Å². The lowest BCUT2D eigenvalue weighted by molar-refractivity contribution is -0.148. The topological polar surface area (TPSA) is 188 Å². The van der Waals surface area contributed by atoms with Crippen molar-refractivity contribution >= 4 is 52.4 Å². The van der Waals surface area contributed by atoms with Crippen LogP contribution in [-0.4, -0.2) is 124 Å². The van der Waals surface area contributed by atoms with Crippen LogP contribution in [0.15, 0.2) is 18.3 Å². The Labute approximate surface area is 268 Å². The molecule has 0 bridgehead atoms. The van der Waals surface area contributed by atoms with Gasteiger partial charge in [0.15, 0.2) is 17.2 Å². The van der Waals surface area contributed by atoms with Gasteiger partial charge in [-0.05, 0) is 25.0 Å². The Morgan fingerprint density at radius 2 is 1.87 bits per heavy atom. The zero-order chi connectivity index (χ0) is 31.9. The molecule has 2 aromatic heterocycles. The van der Waals surface area contributed by atoms with Crippen molar-refractivity contribution in [1.82, 2.24) is 29.4 Å². The molecule has 16 nitrogen and oxygen atoms in total. The van der Waals surface area contributed by atoms with Gasteiger partial charge in [-0.1, -0.05) is 11.6 Å². The van der Waals surface area contributed by atoms with Gasteiger partial charge in [-0.25, -0.2) is 9.78 Å². The summed E-state index contributed by atoms with van der Waals surface area (Å²) in [6.45, 7) is 4.69. The lowest BCUT2D eigenvalue weighted by Gasteiger charge is -2.48. The number of morpholine rings is 1. The van der Waals surface area contributed by atoms with Crippen LogP contribution in [0.25, 0.3) is 5.65 Å². The maximum Gasteiger partial charge on any atom is 0.413 e. The molecule has 4 aliphatic rings. The van der Waals surface area contributed by atoms with Gasteiger partial charge >= 0.3 is 6.09 Å². The first-order valence-corrected chi connectivity index (χ1v) is 15.4. The summed E-state index contributed by atoms with van der Waals surface area (Å²) in [5.41, 5.74) is 1.38. The first-order valence-electron chi connectivity index (χ1n) is 15.0. The number of imidazole rings is 1. The zero-order valence-electron chi connectivity index (χ0n) is 24.7. The SMILES string of the molecule is N#Cc1cc(Nc2nc(N(C(=O)O)C3CC3)c3ncc(C#N)n3n2)c(Cl)c(N2CCN(C3COC3)C(C(=O)N3CCOCC3)C2)c1. The highest BCUT2D eigenvalue weighted by Crippen LogP contribution is 2.38. The summed E-state index contributed by atoms with van der Waals surface area (Å²) < 4.78 is 12.1. The van der Waals surface area contributed by atoms with Crippen molar-refractivity contribution in [2.45, 2.75) is 31.0 Å². The van der Waals surface area contributed by atoms with Crippen LogP contribution in [-0.2, 0) is 14.3 Å². The van der Waals surface area contributed by atoms with Crippen molar-refractivity contribution in [1.29, 1.82) is 10.5 Å². The van der Waals surface area contributed by atoms with Crippen LogP contribution in [0.1, 0.15) is 24.1 Å². The number of ether oxygens (including phenoxy) is 2. The Balaban J connectivity index is 1.23. The number of amides is 2. The summed E-state index contributed by atoms with van der Waals surface area (Å²) in [4.78, 5) is 41.9. The molecule has 5 heterocycles. The van der Waals surface area contributed by atoms with Gasteiger partial charge in [0.05, 0.1) is 66.7 Å². The van der Waals surface area contributed by atoms with Gasteiger partial charge in [-0.15, -0.1) is 5.10 Å². The van der Waals surface area contributed by atoms with E-state index >= 15 is 0 Å². The van der Waals surface area contributed by atoms with Gasteiger partial charge in [0.1, 0.15) is 12.1 Å². The van der Waals surface area contributed by atoms with E-state index in [1.807, 2.05) is 15.9 Å². The number of carbonyl (C=O) groups is 2. The lowest BCUT2D eigenvalue weighted by atomic mass is 10.0. The summed E-state index contributed by atoms with van der Waals surface area (Å²) in [5.74, 6) is 0.0108. The van der Waals surface area contributed by atoms with Gasteiger partial charge in [0, 0.05) is 38.8 Å². The summed E-state index contributed by atoms with van der Waals surface area (Å²) in [6, 6.07) is 6.87. The quantitative estimate of drug-likeness (QED) is 0.377. The molecule has 3 saturated heterocycles. The lowest BCUT2D eigenvalue weighted by Crippen LogP contribution is -2.66. The van der Waals surface area contributed by atoms with Crippen LogP contribution in [0.2, 0.25) is 5.02 Å². The fourth-order valence-corrected chi connectivity index (χ4v) is 6.38. The highest BCUT2D eigenvalue weighted by Gasteiger charge is 2.42. The summed E-state index contributed by atoms with van der Waals surface area (Å²) in [5, 5.41) is 37.3. The second-order valence-corrected chi connectivity index (χ2v) is 11.9. The first kappa shape index (κ1) is 29.9. The molecule has 1 atom stereocenters. The summed E-state index contributed by atoms with van der Waals surface area (Å²) in [7, 11) is 0. The number of halogens is 1. The van der Waals surface area contributed by atoms with Crippen LogP contribution in [0.4, 0.5) is 27.9 Å². The Kier molecular flexibility index (Phi) is 7.95. The minimum atomic E-state index is -1.20. The summed E-state index contributed by atoms with van der Waals surface area (Å²) in [6.07, 6.45) is 1.45. The van der Waals surface area contributed by atoms with Gasteiger partial charge < -0.3 is 29.7 Å². The molecule has 4 fully saturated rings. The molecule has 7 rings (SSSR count). The molecule has 3 aromatic rings. The van der Waals surface area contributed by atoms with Crippen molar-refractivity contribution in [3.8, 4) is 12.1 Å². The highest BCUT2D eigenvalue weighted by atomic mass is 35.5. The van der Waals surface area contributed by atoms with Crippen LogP contribution in [0.3, 0.4) is 0 Å². The van der Waals surface area contributed by atoms with Gasteiger partial charge in [-0.3, -0.25) is 14.6 Å². The molecule has 238 valence electrons. The minimum Gasteiger partial charge on any atom is -0.465 e. The van der Waals surface area contributed by atoms with Crippen molar-refractivity contribution in [2.24, 2.45) is 0 Å². The molecule has 0 spiro atoms. The van der Waals surface area contributed by atoms with Crippen LogP contribution in [0, 0.1) is 22.7 Å². The Hall–Kier alpha value is -4.74. The number of nitriles is 2. The normalized spacial score (nSPS) is 20.5. The smallest absolute Gasteiger partial charge is 0.413 e. The standard InChI is InChI=1S/C29H30ClN11O5/c30-24-21(34-28-35-26(40(29(43)44)18-1-2-18)25-33-13-19(12-32)41(25)36-28)9-17(11-31)10-22(24)38-3-4-39(20-15-46-16-20)23(14-38)27(42)37-5-7-45-8-6-37/h9-10,13,18,20,23H,1-8,14-16H2,(H,34,36)(H,43,44). The Morgan fingerprint density at radius 1 is 1.09 bits per heavy atom. The monoisotopic (exact) mass is 647 g/mol. The number of benzene rings is 1. The minimum absolute atomic E-state index is 0.0207. The number of nitrogens with one attached hydrogen (secondary N) is 1. The van der Waals surface area contributed by atoms with Gasteiger partial charge in [-0.2, -0.15) is 20.0 Å². The summed E-state index contributed by atoms with van der Waals surface area (Å²) >= 11 is 7.01. The third kappa shape index (κ3) is 5.50. The molecule has 0 radical (unpaired) electrons. The van der Waals surface area contributed by atoms with E-state index in [1.165, 1.54) is 10.7 Å². The van der Waals surface area contributed by atoms with Crippen molar-refractivity contribution in [3.05, 3.63) is 34.6 Å². The van der Waals surface area contributed by atoms with E-state index in [1.54, 1.807) is 12.1 Å². The third-order valence-corrected chi connectivity index (χ3v) is 9.09. The number of anilines is 4. The van der Waals surface area contributed by atoms with Crippen molar-refractivity contribution in [3.63, 3.8) is 0 Å². The molecule has 3 aliphatic heterocycles. The van der Waals surface area contributed by atoms with E-state index in [9.17, 15) is 25.2 Å². The number of hydrogen-bond donors (Lipinski definition) is 2. The van der Waals surface area contributed by atoms with Crippen LogP contribution in [0.5, 0.6) is 0 Å². The number of rotatable bonds is 7. The molecule has 1 saturated carbocycles. The van der Waals surface area contributed by atoms with E-state index in [0.717, 1.165) is 4.90 Å². The predicted octanol–water partition coefficient (Wildman–Crippen LogP) is 1.66. The number of nitrogens with zero attached hydrogens (tertiary/aromatic N) is 10. The fraction of sp³-hybridized carbons (Fsp3) is 0.483. The molecular weight excluding hydrogens is 618 g/mol. The highest BCUT2D eigenvalue weighted by molar-refractivity contribution is 6.36. The van der Waals surface area contributed by atoms with Gasteiger partial charge in [0.25, 0.3) is 0 Å². The maximum absolute atomic E-state index is 13.8. The fourth-order valence-electron chi connectivity index (χ4n) is 6.11. The molecular formula is C29H30ClN11O5.